The van der Waals surface area contributed by atoms with Gasteiger partial charge in [0.05, 0.1) is 21.8 Å². The second-order valence-corrected chi connectivity index (χ2v) is 6.35. The molecule has 0 unspecified atom stereocenters. The van der Waals surface area contributed by atoms with Crippen molar-refractivity contribution in [3.8, 4) is 0 Å². The van der Waals surface area contributed by atoms with Crippen molar-refractivity contribution in [2.45, 2.75) is 31.2 Å². The molecular formula is C13H14BrN3O3. The molecule has 20 heavy (non-hydrogen) atoms. The zero-order valence-corrected chi connectivity index (χ0v) is 12.3. The van der Waals surface area contributed by atoms with E-state index in [1.807, 2.05) is 0 Å². The highest BCUT2D eigenvalue weighted by molar-refractivity contribution is 9.10. The average molecular weight is 340 g/mol. The maximum absolute atomic E-state index is 12.1. The third kappa shape index (κ3) is 2.30. The lowest BCUT2D eigenvalue weighted by Gasteiger charge is -2.41. The summed E-state index contributed by atoms with van der Waals surface area (Å²) in [7, 11) is 0. The molecule has 2 N–H and O–H groups in total. The third-order valence-corrected chi connectivity index (χ3v) is 4.47. The molecule has 2 atom stereocenters. The number of hydrogen-bond donors (Lipinski definition) is 2. The van der Waals surface area contributed by atoms with E-state index in [1.165, 1.54) is 0 Å². The predicted molar refractivity (Wildman–Crippen MR) is 72.6 cm³/mol. The van der Waals surface area contributed by atoms with Gasteiger partial charge in [0.15, 0.2) is 5.82 Å². The van der Waals surface area contributed by atoms with Gasteiger partial charge in [0, 0.05) is 12.4 Å². The van der Waals surface area contributed by atoms with Gasteiger partial charge in [0.1, 0.15) is 0 Å². The van der Waals surface area contributed by atoms with Gasteiger partial charge in [-0.1, -0.05) is 0 Å². The summed E-state index contributed by atoms with van der Waals surface area (Å²) < 4.78 is 0.787. The summed E-state index contributed by atoms with van der Waals surface area (Å²) in [5.74, 6) is -1.41. The van der Waals surface area contributed by atoms with Crippen LogP contribution in [-0.4, -0.2) is 27.0 Å². The van der Waals surface area contributed by atoms with Crippen LogP contribution in [0.4, 0.5) is 0 Å². The zero-order chi connectivity index (χ0) is 14.3. The summed E-state index contributed by atoms with van der Waals surface area (Å²) in [6.45, 7) is 0. The molecule has 2 aliphatic rings. The number of amides is 1. The number of carbonyl (C=O) groups excluding carboxylic acids is 1. The van der Waals surface area contributed by atoms with Gasteiger partial charge < -0.3 is 10.4 Å². The fourth-order valence-corrected chi connectivity index (χ4v) is 2.79. The van der Waals surface area contributed by atoms with Crippen LogP contribution < -0.4 is 5.32 Å². The molecule has 106 valence electrons. The average Bonchev–Trinajstić information content (AvgIpc) is 3.15. The Morgan fingerprint density at radius 2 is 1.95 bits per heavy atom. The number of nitrogens with zero attached hydrogens (tertiary/aromatic N) is 2. The highest BCUT2D eigenvalue weighted by Crippen LogP contribution is 2.43. The molecule has 1 amide bonds. The van der Waals surface area contributed by atoms with Crippen molar-refractivity contribution in [2.24, 2.45) is 11.8 Å². The Morgan fingerprint density at radius 1 is 1.30 bits per heavy atom. The molecule has 0 aliphatic heterocycles. The summed E-state index contributed by atoms with van der Waals surface area (Å²) in [5.41, 5.74) is -0.510. The van der Waals surface area contributed by atoms with Crippen LogP contribution >= 0.6 is 15.9 Å². The fraction of sp³-hybridized carbons (Fsp3) is 0.538. The van der Waals surface area contributed by atoms with Gasteiger partial charge in [-0.05, 0) is 41.6 Å². The molecular weight excluding hydrogens is 326 g/mol. The van der Waals surface area contributed by atoms with Crippen LogP contribution in [-0.2, 0) is 15.1 Å². The van der Waals surface area contributed by atoms with E-state index in [9.17, 15) is 9.59 Å². The van der Waals surface area contributed by atoms with Gasteiger partial charge in [0.25, 0.3) is 0 Å². The molecule has 0 bridgehead atoms. The molecule has 0 radical (unpaired) electrons. The second kappa shape index (κ2) is 4.80. The van der Waals surface area contributed by atoms with Crippen LogP contribution in [0, 0.1) is 11.8 Å². The molecule has 0 aromatic carbocycles. The summed E-state index contributed by atoms with van der Waals surface area (Å²) in [4.78, 5) is 31.5. The Balaban J connectivity index is 1.72. The lowest BCUT2D eigenvalue weighted by molar-refractivity contribution is -0.140. The van der Waals surface area contributed by atoms with Crippen LogP contribution in [0.5, 0.6) is 0 Å². The van der Waals surface area contributed by atoms with Gasteiger partial charge in [0.2, 0.25) is 5.91 Å². The van der Waals surface area contributed by atoms with Gasteiger partial charge in [-0.25, -0.2) is 9.97 Å². The quantitative estimate of drug-likeness (QED) is 0.866. The first kappa shape index (κ1) is 13.5. The van der Waals surface area contributed by atoms with E-state index in [-0.39, 0.29) is 5.91 Å². The van der Waals surface area contributed by atoms with Gasteiger partial charge in [-0.3, -0.25) is 9.59 Å². The number of carbonyl (C=O) groups is 2. The summed E-state index contributed by atoms with van der Waals surface area (Å²) in [6.07, 6.45) is 6.35. The highest BCUT2D eigenvalue weighted by Gasteiger charge is 2.51. The minimum Gasteiger partial charge on any atom is -0.481 e. The first-order valence-corrected chi connectivity index (χ1v) is 7.34. The second-order valence-electron chi connectivity index (χ2n) is 5.44. The van der Waals surface area contributed by atoms with E-state index < -0.39 is 23.3 Å². The number of aliphatic carboxylic acids is 1. The Labute approximate surface area is 124 Å². The van der Waals surface area contributed by atoms with Crippen molar-refractivity contribution < 1.29 is 14.7 Å². The number of rotatable bonds is 4. The van der Waals surface area contributed by atoms with Crippen molar-refractivity contribution in [2.75, 3.05) is 0 Å². The number of aromatic nitrogens is 2. The maximum Gasteiger partial charge on any atom is 0.307 e. The summed E-state index contributed by atoms with van der Waals surface area (Å²) >= 11 is 3.28. The Morgan fingerprint density at radius 3 is 2.40 bits per heavy atom. The molecule has 2 fully saturated rings. The van der Waals surface area contributed by atoms with Gasteiger partial charge >= 0.3 is 5.97 Å². The Bertz CT molecular complexity index is 556. The molecule has 6 nitrogen and oxygen atoms in total. The van der Waals surface area contributed by atoms with Crippen molar-refractivity contribution in [3.05, 3.63) is 22.7 Å². The molecule has 2 aliphatic carbocycles. The van der Waals surface area contributed by atoms with Crippen molar-refractivity contribution in [3.63, 3.8) is 0 Å². The van der Waals surface area contributed by atoms with Gasteiger partial charge in [-0.15, -0.1) is 0 Å². The summed E-state index contributed by atoms with van der Waals surface area (Å²) in [6, 6.07) is 0. The topological polar surface area (TPSA) is 92.2 Å². The largest absolute Gasteiger partial charge is 0.481 e. The normalized spacial score (nSPS) is 26.4. The zero-order valence-electron chi connectivity index (χ0n) is 10.7. The predicted octanol–water partition coefficient (Wildman–Crippen LogP) is 1.46. The number of hydrogen-bond acceptors (Lipinski definition) is 4. The molecule has 3 rings (SSSR count). The fourth-order valence-electron chi connectivity index (χ4n) is 2.58. The molecule has 0 saturated heterocycles. The Kier molecular flexibility index (Phi) is 3.24. The van der Waals surface area contributed by atoms with Crippen LogP contribution in [0.15, 0.2) is 16.9 Å². The maximum atomic E-state index is 12.1. The lowest BCUT2D eigenvalue weighted by atomic mass is 9.75. The van der Waals surface area contributed by atoms with E-state index in [0.29, 0.717) is 12.2 Å². The van der Waals surface area contributed by atoms with Crippen molar-refractivity contribution in [1.82, 2.24) is 15.3 Å². The number of carboxylic acid groups (broad SMARTS) is 1. The summed E-state index contributed by atoms with van der Waals surface area (Å²) in [5, 5.41) is 11.8. The smallest absolute Gasteiger partial charge is 0.307 e. The first-order chi connectivity index (χ1) is 9.52. The van der Waals surface area contributed by atoms with Crippen molar-refractivity contribution in [1.29, 1.82) is 0 Å². The number of carboxylic acids is 1. The van der Waals surface area contributed by atoms with E-state index in [1.54, 1.807) is 12.4 Å². The third-order valence-electron chi connectivity index (χ3n) is 4.06. The minimum absolute atomic E-state index is 0.191. The molecule has 2 saturated carbocycles. The number of halogens is 1. The van der Waals surface area contributed by atoms with E-state index in [4.69, 9.17) is 5.11 Å². The minimum atomic E-state index is -0.896. The monoisotopic (exact) mass is 339 g/mol. The molecule has 1 heterocycles. The standard InChI is InChI=1S/C13H14BrN3O3/c14-7-5-15-12(16-6-7)13(2-1-3-13)17-10(18)8-4-9(8)11(19)20/h5-6,8-9H,1-4H2,(H,17,18)(H,19,20)/t8-,9+/m0/s1. The van der Waals surface area contributed by atoms with Crippen molar-refractivity contribution >= 4 is 27.8 Å². The Hall–Kier alpha value is -1.50. The van der Waals surface area contributed by atoms with Crippen LogP contribution in [0.1, 0.15) is 31.5 Å². The molecule has 7 heteroatoms. The van der Waals surface area contributed by atoms with E-state index in [2.05, 4.69) is 31.2 Å². The lowest BCUT2D eigenvalue weighted by Crippen LogP contribution is -2.52. The SMILES string of the molecule is O=C(NC1(c2ncc(Br)cn2)CCC1)[C@H]1C[C@H]1C(=O)O. The number of nitrogens with one attached hydrogen (secondary N) is 1. The van der Waals surface area contributed by atoms with Crippen LogP contribution in [0.3, 0.4) is 0 Å². The van der Waals surface area contributed by atoms with Crippen LogP contribution in [0.2, 0.25) is 0 Å². The van der Waals surface area contributed by atoms with Gasteiger partial charge in [-0.2, -0.15) is 0 Å². The molecule has 0 spiro atoms. The highest BCUT2D eigenvalue weighted by atomic mass is 79.9. The first-order valence-electron chi connectivity index (χ1n) is 6.55. The van der Waals surface area contributed by atoms with E-state index in [0.717, 1.165) is 23.7 Å². The van der Waals surface area contributed by atoms with E-state index >= 15 is 0 Å². The molecule has 1 aromatic heterocycles. The van der Waals surface area contributed by atoms with Crippen LogP contribution in [0.25, 0.3) is 0 Å². The molecule has 1 aromatic rings.